The van der Waals surface area contributed by atoms with Gasteiger partial charge in [0.1, 0.15) is 0 Å². The summed E-state index contributed by atoms with van der Waals surface area (Å²) in [5.74, 6) is -0.865. The maximum atomic E-state index is 12.2. The van der Waals surface area contributed by atoms with Gasteiger partial charge in [-0.25, -0.2) is 4.79 Å². The summed E-state index contributed by atoms with van der Waals surface area (Å²) in [5, 5.41) is 11.6. The summed E-state index contributed by atoms with van der Waals surface area (Å²) >= 11 is 0. The largest absolute Gasteiger partial charge is 0.481 e. The van der Waals surface area contributed by atoms with Gasteiger partial charge in [-0.1, -0.05) is 12.1 Å². The molecule has 6 nitrogen and oxygen atoms in total. The highest BCUT2D eigenvalue weighted by Crippen LogP contribution is 2.26. The van der Waals surface area contributed by atoms with E-state index in [0.717, 1.165) is 12.8 Å². The fraction of sp³-hybridized carbons (Fsp3) is 0.467. The van der Waals surface area contributed by atoms with Crippen LogP contribution in [0.1, 0.15) is 18.4 Å². The smallest absolute Gasteiger partial charge is 0.322 e. The number of carbonyl (C=O) groups is 2. The number of likely N-dealkylation sites (tertiary alicyclic amines) is 1. The van der Waals surface area contributed by atoms with Gasteiger partial charge in [0.05, 0.1) is 18.6 Å². The molecule has 2 N–H and O–H groups in total. The minimum absolute atomic E-state index is 0.0128. The maximum Gasteiger partial charge on any atom is 0.322 e. The summed E-state index contributed by atoms with van der Waals surface area (Å²) in [6.45, 7) is 1.28. The summed E-state index contributed by atoms with van der Waals surface area (Å²) in [5.41, 5.74) is 1.39. The average Bonchev–Trinajstić information content (AvgIpc) is 2.79. The Morgan fingerprint density at radius 1 is 1.19 bits per heavy atom. The number of carbonyl (C=O) groups excluding carboxylic acids is 1. The van der Waals surface area contributed by atoms with Crippen LogP contribution in [-0.2, 0) is 16.0 Å². The Morgan fingerprint density at radius 3 is 2.38 bits per heavy atom. The number of carboxylic acid groups (broad SMARTS) is 1. The van der Waals surface area contributed by atoms with Crippen LogP contribution in [0.3, 0.4) is 0 Å². The Bertz CT molecular complexity index is 531. The van der Waals surface area contributed by atoms with E-state index < -0.39 is 5.97 Å². The molecule has 1 aromatic rings. The molecule has 3 rings (SSSR count). The van der Waals surface area contributed by atoms with E-state index >= 15 is 0 Å². The van der Waals surface area contributed by atoms with Gasteiger partial charge in [0.25, 0.3) is 0 Å². The number of rotatable bonds is 3. The van der Waals surface area contributed by atoms with Crippen LogP contribution < -0.4 is 5.32 Å². The van der Waals surface area contributed by atoms with Crippen LogP contribution >= 0.6 is 0 Å². The second-order valence-electron chi connectivity index (χ2n) is 5.56. The molecule has 2 atom stereocenters. The first-order chi connectivity index (χ1) is 10.1. The molecule has 2 amide bonds. The van der Waals surface area contributed by atoms with Gasteiger partial charge in [0.2, 0.25) is 0 Å². The number of carboxylic acids is 1. The van der Waals surface area contributed by atoms with E-state index in [-0.39, 0.29) is 24.7 Å². The molecule has 2 heterocycles. The highest BCUT2D eigenvalue weighted by Gasteiger charge is 2.35. The van der Waals surface area contributed by atoms with E-state index in [4.69, 9.17) is 9.84 Å². The van der Waals surface area contributed by atoms with Gasteiger partial charge in [-0.15, -0.1) is 0 Å². The predicted octanol–water partition coefficient (Wildman–Crippen LogP) is 1.71. The van der Waals surface area contributed by atoms with Crippen molar-refractivity contribution in [2.75, 3.05) is 18.4 Å². The van der Waals surface area contributed by atoms with Gasteiger partial charge < -0.3 is 20.1 Å². The molecular formula is C15H18N2O4. The van der Waals surface area contributed by atoms with Crippen molar-refractivity contribution in [2.45, 2.75) is 31.5 Å². The Hall–Kier alpha value is -2.08. The number of aliphatic carboxylic acids is 1. The first kappa shape index (κ1) is 13.9. The van der Waals surface area contributed by atoms with E-state index in [9.17, 15) is 9.59 Å². The normalized spacial score (nSPS) is 23.9. The molecule has 0 aromatic heterocycles. The molecule has 0 aliphatic carbocycles. The van der Waals surface area contributed by atoms with Gasteiger partial charge >= 0.3 is 12.0 Å². The molecule has 1 aromatic carbocycles. The van der Waals surface area contributed by atoms with Crippen molar-refractivity contribution in [3.05, 3.63) is 29.8 Å². The highest BCUT2D eigenvalue weighted by molar-refractivity contribution is 5.89. The second kappa shape index (κ2) is 5.73. The first-order valence-corrected chi connectivity index (χ1v) is 7.12. The van der Waals surface area contributed by atoms with Crippen molar-refractivity contribution in [3.63, 3.8) is 0 Å². The molecule has 2 saturated heterocycles. The number of amides is 2. The molecule has 0 spiro atoms. The molecule has 0 saturated carbocycles. The Morgan fingerprint density at radius 2 is 1.81 bits per heavy atom. The van der Waals surface area contributed by atoms with Crippen molar-refractivity contribution in [1.29, 1.82) is 0 Å². The number of nitrogens with zero attached hydrogens (tertiary/aromatic N) is 1. The summed E-state index contributed by atoms with van der Waals surface area (Å²) < 4.78 is 5.70. The number of urea groups is 1. The van der Waals surface area contributed by atoms with E-state index in [2.05, 4.69) is 5.32 Å². The molecule has 2 fully saturated rings. The lowest BCUT2D eigenvalue weighted by Gasteiger charge is -2.32. The van der Waals surface area contributed by atoms with E-state index in [1.807, 2.05) is 0 Å². The standard InChI is InChI=1S/C15H18N2O4/c18-14(19)7-10-1-3-11(4-2-10)16-15(20)17-8-12-5-6-13(9-17)21-12/h1-4,12-13H,5-9H2,(H,16,20)(H,18,19). The predicted molar refractivity (Wildman–Crippen MR) is 76.3 cm³/mol. The number of fused-ring (bicyclic) bond motifs is 2. The van der Waals surface area contributed by atoms with Crippen molar-refractivity contribution in [2.24, 2.45) is 0 Å². The fourth-order valence-corrected chi connectivity index (χ4v) is 2.86. The van der Waals surface area contributed by atoms with Gasteiger partial charge in [-0.2, -0.15) is 0 Å². The third-order valence-corrected chi connectivity index (χ3v) is 3.89. The van der Waals surface area contributed by atoms with Gasteiger partial charge in [0.15, 0.2) is 0 Å². The Balaban J connectivity index is 1.58. The van der Waals surface area contributed by atoms with Crippen LogP contribution in [0.2, 0.25) is 0 Å². The number of hydrogen-bond acceptors (Lipinski definition) is 3. The quantitative estimate of drug-likeness (QED) is 0.888. The van der Waals surface area contributed by atoms with Crippen LogP contribution in [0.5, 0.6) is 0 Å². The third kappa shape index (κ3) is 3.33. The molecule has 2 bridgehead atoms. The van der Waals surface area contributed by atoms with Gasteiger partial charge in [-0.3, -0.25) is 4.79 Å². The summed E-state index contributed by atoms with van der Waals surface area (Å²) in [6.07, 6.45) is 2.39. The number of ether oxygens (including phenoxy) is 1. The zero-order chi connectivity index (χ0) is 14.8. The van der Waals surface area contributed by atoms with Crippen molar-refractivity contribution in [1.82, 2.24) is 4.90 Å². The zero-order valence-electron chi connectivity index (χ0n) is 11.6. The molecule has 21 heavy (non-hydrogen) atoms. The number of benzene rings is 1. The number of hydrogen-bond donors (Lipinski definition) is 2. The molecule has 112 valence electrons. The lowest BCUT2D eigenvalue weighted by molar-refractivity contribution is -0.136. The van der Waals surface area contributed by atoms with Crippen LogP contribution in [-0.4, -0.2) is 47.3 Å². The minimum Gasteiger partial charge on any atom is -0.481 e. The lowest BCUT2D eigenvalue weighted by Crippen LogP contribution is -2.47. The van der Waals surface area contributed by atoms with E-state index in [0.29, 0.717) is 24.3 Å². The van der Waals surface area contributed by atoms with Crippen LogP contribution in [0.15, 0.2) is 24.3 Å². The monoisotopic (exact) mass is 290 g/mol. The van der Waals surface area contributed by atoms with Crippen molar-refractivity contribution in [3.8, 4) is 0 Å². The SMILES string of the molecule is O=C(O)Cc1ccc(NC(=O)N2CC3CCC(C2)O3)cc1. The molecule has 2 unspecified atom stereocenters. The molecule has 6 heteroatoms. The molecular weight excluding hydrogens is 272 g/mol. The lowest BCUT2D eigenvalue weighted by atomic mass is 10.1. The summed E-state index contributed by atoms with van der Waals surface area (Å²) in [7, 11) is 0. The second-order valence-corrected chi connectivity index (χ2v) is 5.56. The summed E-state index contributed by atoms with van der Waals surface area (Å²) in [6, 6.07) is 6.76. The molecule has 2 aliphatic heterocycles. The number of anilines is 1. The maximum absolute atomic E-state index is 12.2. The Labute approximate surface area is 122 Å². The summed E-state index contributed by atoms with van der Waals surface area (Å²) in [4.78, 5) is 24.6. The number of morpholine rings is 1. The first-order valence-electron chi connectivity index (χ1n) is 7.12. The number of nitrogens with one attached hydrogen (secondary N) is 1. The Kier molecular flexibility index (Phi) is 3.79. The zero-order valence-corrected chi connectivity index (χ0v) is 11.6. The fourth-order valence-electron chi connectivity index (χ4n) is 2.86. The van der Waals surface area contributed by atoms with E-state index in [1.165, 1.54) is 0 Å². The molecule has 0 radical (unpaired) electrons. The van der Waals surface area contributed by atoms with Crippen LogP contribution in [0, 0.1) is 0 Å². The van der Waals surface area contributed by atoms with Crippen molar-refractivity contribution >= 4 is 17.7 Å². The average molecular weight is 290 g/mol. The molecule has 2 aliphatic rings. The highest BCUT2D eigenvalue weighted by atomic mass is 16.5. The third-order valence-electron chi connectivity index (χ3n) is 3.89. The van der Waals surface area contributed by atoms with Crippen LogP contribution in [0.4, 0.5) is 10.5 Å². The topological polar surface area (TPSA) is 78.9 Å². The van der Waals surface area contributed by atoms with Gasteiger partial charge in [0, 0.05) is 18.8 Å². The van der Waals surface area contributed by atoms with E-state index in [1.54, 1.807) is 29.2 Å². The minimum atomic E-state index is -0.865. The van der Waals surface area contributed by atoms with Gasteiger partial charge in [-0.05, 0) is 30.5 Å². The van der Waals surface area contributed by atoms with Crippen LogP contribution in [0.25, 0.3) is 0 Å². The van der Waals surface area contributed by atoms with Crippen molar-refractivity contribution < 1.29 is 19.4 Å².